The van der Waals surface area contributed by atoms with Crippen molar-refractivity contribution in [3.63, 3.8) is 0 Å². The van der Waals surface area contributed by atoms with Crippen LogP contribution in [0.4, 0.5) is 0 Å². The summed E-state index contributed by atoms with van der Waals surface area (Å²) in [6.07, 6.45) is 2.36. The molecular formula is C11H23NO2. The third-order valence-electron chi connectivity index (χ3n) is 2.43. The molecule has 0 aromatic carbocycles. The first-order chi connectivity index (χ1) is 6.44. The lowest BCUT2D eigenvalue weighted by molar-refractivity contribution is -0.139. The monoisotopic (exact) mass is 201 g/mol. The van der Waals surface area contributed by atoms with Crippen LogP contribution in [0.2, 0.25) is 0 Å². The van der Waals surface area contributed by atoms with Gasteiger partial charge in [-0.05, 0) is 39.8 Å². The minimum atomic E-state index is -0.716. The van der Waals surface area contributed by atoms with E-state index >= 15 is 0 Å². The van der Waals surface area contributed by atoms with Gasteiger partial charge in [-0.25, -0.2) is 0 Å². The van der Waals surface area contributed by atoms with Gasteiger partial charge in [-0.1, -0.05) is 13.8 Å². The van der Waals surface area contributed by atoms with Gasteiger partial charge in [0.1, 0.15) is 0 Å². The number of carboxylic acids is 1. The van der Waals surface area contributed by atoms with E-state index in [1.807, 2.05) is 13.8 Å². The highest BCUT2D eigenvalue weighted by atomic mass is 16.4. The molecule has 3 nitrogen and oxygen atoms in total. The van der Waals surface area contributed by atoms with E-state index in [4.69, 9.17) is 5.11 Å². The number of hydrogen-bond donors (Lipinski definition) is 1. The minimum Gasteiger partial charge on any atom is -0.481 e. The Kier molecular flexibility index (Phi) is 5.77. The summed E-state index contributed by atoms with van der Waals surface area (Å²) in [5.41, 5.74) is -0.224. The van der Waals surface area contributed by atoms with Crippen molar-refractivity contribution in [2.45, 2.75) is 52.5 Å². The number of nitrogens with zero attached hydrogens (tertiary/aromatic N) is 1. The molecular weight excluding hydrogens is 178 g/mol. The second kappa shape index (κ2) is 6.02. The van der Waals surface area contributed by atoms with Crippen LogP contribution in [-0.2, 0) is 4.79 Å². The molecule has 0 aliphatic carbocycles. The summed E-state index contributed by atoms with van der Waals surface area (Å²) in [5.74, 6) is -0.716. The van der Waals surface area contributed by atoms with Gasteiger partial charge in [-0.3, -0.25) is 9.69 Å². The van der Waals surface area contributed by atoms with Crippen LogP contribution in [0.1, 0.15) is 47.0 Å². The van der Waals surface area contributed by atoms with Gasteiger partial charge in [0.15, 0.2) is 0 Å². The predicted molar refractivity (Wildman–Crippen MR) is 58.5 cm³/mol. The fraction of sp³-hybridized carbons (Fsp3) is 0.909. The molecule has 0 bridgehead atoms. The number of hydrogen-bond acceptors (Lipinski definition) is 2. The van der Waals surface area contributed by atoms with Gasteiger partial charge < -0.3 is 5.11 Å². The molecule has 0 amide bonds. The van der Waals surface area contributed by atoms with Crippen molar-refractivity contribution in [1.29, 1.82) is 0 Å². The molecule has 0 aromatic rings. The van der Waals surface area contributed by atoms with Crippen molar-refractivity contribution >= 4 is 5.97 Å². The van der Waals surface area contributed by atoms with E-state index in [0.29, 0.717) is 0 Å². The van der Waals surface area contributed by atoms with E-state index < -0.39 is 5.97 Å². The fourth-order valence-electron chi connectivity index (χ4n) is 1.74. The molecule has 0 saturated heterocycles. The summed E-state index contributed by atoms with van der Waals surface area (Å²) in [5, 5.41) is 8.81. The van der Waals surface area contributed by atoms with Gasteiger partial charge >= 0.3 is 5.97 Å². The normalized spacial score (nSPS) is 12.1. The molecule has 84 valence electrons. The smallest absolute Gasteiger partial charge is 0.305 e. The quantitative estimate of drug-likeness (QED) is 0.687. The largest absolute Gasteiger partial charge is 0.481 e. The molecule has 0 saturated carbocycles. The molecule has 3 heteroatoms. The van der Waals surface area contributed by atoms with Gasteiger partial charge in [-0.2, -0.15) is 0 Å². The van der Waals surface area contributed by atoms with Crippen molar-refractivity contribution in [2.24, 2.45) is 0 Å². The lowest BCUT2D eigenvalue weighted by Crippen LogP contribution is -2.46. The topological polar surface area (TPSA) is 40.5 Å². The summed E-state index contributed by atoms with van der Waals surface area (Å²) >= 11 is 0. The first-order valence-corrected chi connectivity index (χ1v) is 5.41. The van der Waals surface area contributed by atoms with E-state index in [-0.39, 0.29) is 12.0 Å². The van der Waals surface area contributed by atoms with Crippen molar-refractivity contribution in [3.8, 4) is 0 Å². The highest BCUT2D eigenvalue weighted by Gasteiger charge is 2.27. The van der Waals surface area contributed by atoms with Crippen molar-refractivity contribution in [2.75, 3.05) is 13.1 Å². The van der Waals surface area contributed by atoms with E-state index in [0.717, 1.165) is 25.9 Å². The van der Waals surface area contributed by atoms with Crippen LogP contribution in [0.3, 0.4) is 0 Å². The molecule has 0 rings (SSSR count). The van der Waals surface area contributed by atoms with Crippen molar-refractivity contribution < 1.29 is 9.90 Å². The van der Waals surface area contributed by atoms with Crippen LogP contribution < -0.4 is 0 Å². The zero-order valence-corrected chi connectivity index (χ0v) is 9.84. The number of carbonyl (C=O) groups is 1. The first-order valence-electron chi connectivity index (χ1n) is 5.41. The third-order valence-corrected chi connectivity index (χ3v) is 2.43. The SMILES string of the molecule is CCCN(CCC)C(C)(C)CC(=O)O. The van der Waals surface area contributed by atoms with E-state index in [9.17, 15) is 4.79 Å². The lowest BCUT2D eigenvalue weighted by atomic mass is 9.97. The highest BCUT2D eigenvalue weighted by molar-refractivity contribution is 5.68. The fourth-order valence-corrected chi connectivity index (χ4v) is 1.74. The maximum absolute atomic E-state index is 10.7. The maximum Gasteiger partial charge on any atom is 0.305 e. The number of rotatable bonds is 7. The Balaban J connectivity index is 4.35. The molecule has 0 radical (unpaired) electrons. The minimum absolute atomic E-state index is 0.215. The summed E-state index contributed by atoms with van der Waals surface area (Å²) in [4.78, 5) is 13.0. The molecule has 0 spiro atoms. The number of carboxylic acid groups (broad SMARTS) is 1. The molecule has 0 aliphatic rings. The first kappa shape index (κ1) is 13.4. The maximum atomic E-state index is 10.7. The highest BCUT2D eigenvalue weighted by Crippen LogP contribution is 2.19. The van der Waals surface area contributed by atoms with Gasteiger partial charge in [0, 0.05) is 5.54 Å². The average Bonchev–Trinajstić information content (AvgIpc) is 2.01. The van der Waals surface area contributed by atoms with Gasteiger partial charge in [0.25, 0.3) is 0 Å². The summed E-state index contributed by atoms with van der Waals surface area (Å²) in [7, 11) is 0. The summed E-state index contributed by atoms with van der Waals surface area (Å²) < 4.78 is 0. The van der Waals surface area contributed by atoms with Crippen LogP contribution in [0, 0.1) is 0 Å². The second-order valence-corrected chi connectivity index (χ2v) is 4.37. The second-order valence-electron chi connectivity index (χ2n) is 4.37. The molecule has 0 aliphatic heterocycles. The number of aliphatic carboxylic acids is 1. The van der Waals surface area contributed by atoms with E-state index in [1.165, 1.54) is 0 Å². The van der Waals surface area contributed by atoms with Crippen LogP contribution in [0.15, 0.2) is 0 Å². The molecule has 0 heterocycles. The Hall–Kier alpha value is -0.570. The zero-order chi connectivity index (χ0) is 11.2. The van der Waals surface area contributed by atoms with Gasteiger partial charge in [0.05, 0.1) is 6.42 Å². The molecule has 14 heavy (non-hydrogen) atoms. The van der Waals surface area contributed by atoms with E-state index in [1.54, 1.807) is 0 Å². The molecule has 0 aromatic heterocycles. The Labute approximate surface area is 87.1 Å². The third kappa shape index (κ3) is 4.61. The van der Waals surface area contributed by atoms with Crippen LogP contribution in [-0.4, -0.2) is 34.6 Å². The Morgan fingerprint density at radius 1 is 1.21 bits per heavy atom. The molecule has 1 N–H and O–H groups in total. The summed E-state index contributed by atoms with van der Waals surface area (Å²) in [6, 6.07) is 0. The standard InChI is InChI=1S/C11H23NO2/c1-5-7-12(8-6-2)11(3,4)9-10(13)14/h5-9H2,1-4H3,(H,13,14). The van der Waals surface area contributed by atoms with Crippen LogP contribution in [0.25, 0.3) is 0 Å². The van der Waals surface area contributed by atoms with E-state index in [2.05, 4.69) is 18.7 Å². The molecule has 0 unspecified atom stereocenters. The van der Waals surface area contributed by atoms with Crippen molar-refractivity contribution in [1.82, 2.24) is 4.90 Å². The molecule has 0 fully saturated rings. The summed E-state index contributed by atoms with van der Waals surface area (Å²) in [6.45, 7) is 10.2. The van der Waals surface area contributed by atoms with Crippen LogP contribution in [0.5, 0.6) is 0 Å². The molecule has 0 atom stereocenters. The Morgan fingerprint density at radius 2 is 1.64 bits per heavy atom. The van der Waals surface area contributed by atoms with Crippen molar-refractivity contribution in [3.05, 3.63) is 0 Å². The lowest BCUT2D eigenvalue weighted by Gasteiger charge is -2.37. The average molecular weight is 201 g/mol. The zero-order valence-electron chi connectivity index (χ0n) is 9.84. The predicted octanol–water partition coefficient (Wildman–Crippen LogP) is 2.36. The Bertz CT molecular complexity index is 172. The van der Waals surface area contributed by atoms with Crippen LogP contribution >= 0.6 is 0 Å². The van der Waals surface area contributed by atoms with Gasteiger partial charge in [-0.15, -0.1) is 0 Å². The Morgan fingerprint density at radius 3 is 1.93 bits per heavy atom. The van der Waals surface area contributed by atoms with Gasteiger partial charge in [0.2, 0.25) is 0 Å².